The van der Waals surface area contributed by atoms with Gasteiger partial charge >= 0.3 is 5.97 Å². The van der Waals surface area contributed by atoms with Gasteiger partial charge < -0.3 is 5.11 Å². The van der Waals surface area contributed by atoms with E-state index in [-0.39, 0.29) is 6.42 Å². The molecule has 0 aliphatic heterocycles. The molecule has 0 fully saturated rings. The molecule has 0 saturated carbocycles. The number of hydrogen-bond acceptors (Lipinski definition) is 1. The van der Waals surface area contributed by atoms with Gasteiger partial charge in [-0.1, -0.05) is 32.0 Å². The van der Waals surface area contributed by atoms with E-state index in [0.717, 1.165) is 11.1 Å². The van der Waals surface area contributed by atoms with E-state index in [4.69, 9.17) is 5.11 Å². The molecule has 3 heteroatoms. The lowest BCUT2D eigenvalue weighted by Gasteiger charge is -2.25. The van der Waals surface area contributed by atoms with Crippen LogP contribution in [0.15, 0.2) is 18.2 Å². The summed E-state index contributed by atoms with van der Waals surface area (Å²) in [4.78, 5) is 10.8. The van der Waals surface area contributed by atoms with E-state index in [9.17, 15) is 9.18 Å². The number of carbonyl (C=O) groups is 1. The topological polar surface area (TPSA) is 37.3 Å². The number of carboxylic acid groups (broad SMARTS) is 1. The summed E-state index contributed by atoms with van der Waals surface area (Å²) >= 11 is 0. The van der Waals surface area contributed by atoms with Crippen molar-refractivity contribution in [2.24, 2.45) is 0 Å². The van der Waals surface area contributed by atoms with Gasteiger partial charge in [-0.3, -0.25) is 4.79 Å². The summed E-state index contributed by atoms with van der Waals surface area (Å²) < 4.78 is 12.6. The molecule has 0 unspecified atom stereocenters. The van der Waals surface area contributed by atoms with Crippen LogP contribution in [-0.4, -0.2) is 11.1 Å². The molecular formula is C13H17FO2. The Hall–Kier alpha value is -1.38. The monoisotopic (exact) mass is 224 g/mol. The SMILES string of the molecule is Cc1ccc(CF)cc1C(C)(C)CC(=O)O. The number of aryl methyl sites for hydroxylation is 1. The Morgan fingerprint density at radius 1 is 1.44 bits per heavy atom. The second kappa shape index (κ2) is 4.64. The van der Waals surface area contributed by atoms with Crippen molar-refractivity contribution in [3.05, 3.63) is 34.9 Å². The molecule has 0 spiro atoms. The Morgan fingerprint density at radius 2 is 2.06 bits per heavy atom. The molecule has 2 nitrogen and oxygen atoms in total. The first-order chi connectivity index (χ1) is 7.36. The predicted molar refractivity (Wildman–Crippen MR) is 61.3 cm³/mol. The molecule has 0 atom stereocenters. The molecule has 0 aliphatic carbocycles. The van der Waals surface area contributed by atoms with Crippen LogP contribution in [0.5, 0.6) is 0 Å². The average Bonchev–Trinajstić information content (AvgIpc) is 2.16. The molecule has 1 aromatic carbocycles. The van der Waals surface area contributed by atoms with Crippen molar-refractivity contribution in [1.82, 2.24) is 0 Å². The van der Waals surface area contributed by atoms with Crippen molar-refractivity contribution >= 4 is 5.97 Å². The molecule has 0 heterocycles. The minimum absolute atomic E-state index is 0.0452. The van der Waals surface area contributed by atoms with Crippen molar-refractivity contribution in [3.8, 4) is 0 Å². The highest BCUT2D eigenvalue weighted by molar-refractivity contribution is 5.69. The van der Waals surface area contributed by atoms with Crippen LogP contribution in [0.25, 0.3) is 0 Å². The number of rotatable bonds is 4. The standard InChI is InChI=1S/C13H17FO2/c1-9-4-5-10(8-14)6-11(9)13(2,3)7-12(15)16/h4-6H,7-8H2,1-3H3,(H,15,16). The smallest absolute Gasteiger partial charge is 0.304 e. The molecule has 0 saturated heterocycles. The van der Waals surface area contributed by atoms with Crippen molar-refractivity contribution in [2.45, 2.75) is 39.3 Å². The van der Waals surface area contributed by atoms with Crippen LogP contribution in [-0.2, 0) is 16.9 Å². The van der Waals surface area contributed by atoms with Crippen LogP contribution >= 0.6 is 0 Å². The van der Waals surface area contributed by atoms with Gasteiger partial charge in [-0.25, -0.2) is 4.39 Å². The Morgan fingerprint density at radius 3 is 2.56 bits per heavy atom. The fraction of sp³-hybridized carbons (Fsp3) is 0.462. The fourth-order valence-electron chi connectivity index (χ4n) is 1.95. The maximum absolute atomic E-state index is 12.6. The summed E-state index contributed by atoms with van der Waals surface area (Å²) in [5.41, 5.74) is 2.04. The third-order valence-corrected chi connectivity index (χ3v) is 2.78. The van der Waals surface area contributed by atoms with Crippen LogP contribution in [0.3, 0.4) is 0 Å². The third-order valence-electron chi connectivity index (χ3n) is 2.78. The van der Waals surface area contributed by atoms with Crippen LogP contribution in [0.1, 0.15) is 37.0 Å². The molecule has 0 amide bonds. The van der Waals surface area contributed by atoms with Gasteiger partial charge in [0.25, 0.3) is 0 Å². The first-order valence-corrected chi connectivity index (χ1v) is 5.24. The Labute approximate surface area is 95.1 Å². The first-order valence-electron chi connectivity index (χ1n) is 5.24. The highest BCUT2D eigenvalue weighted by atomic mass is 19.1. The van der Waals surface area contributed by atoms with E-state index in [1.807, 2.05) is 26.8 Å². The molecule has 0 bridgehead atoms. The molecule has 1 rings (SSSR count). The van der Waals surface area contributed by atoms with Crippen molar-refractivity contribution in [1.29, 1.82) is 0 Å². The van der Waals surface area contributed by atoms with E-state index in [0.29, 0.717) is 5.56 Å². The van der Waals surface area contributed by atoms with E-state index >= 15 is 0 Å². The van der Waals surface area contributed by atoms with Gasteiger partial charge in [-0.15, -0.1) is 0 Å². The summed E-state index contributed by atoms with van der Waals surface area (Å²) in [5.74, 6) is -0.838. The van der Waals surface area contributed by atoms with Gasteiger partial charge in [-0.2, -0.15) is 0 Å². The maximum Gasteiger partial charge on any atom is 0.304 e. The normalized spacial score (nSPS) is 11.5. The van der Waals surface area contributed by atoms with Crippen molar-refractivity contribution in [3.63, 3.8) is 0 Å². The number of alkyl halides is 1. The van der Waals surface area contributed by atoms with Crippen LogP contribution in [0.4, 0.5) is 4.39 Å². The maximum atomic E-state index is 12.6. The molecule has 0 aromatic heterocycles. The van der Waals surface area contributed by atoms with Gasteiger partial charge in [0.05, 0.1) is 6.42 Å². The van der Waals surface area contributed by atoms with Gasteiger partial charge in [0.2, 0.25) is 0 Å². The molecule has 0 radical (unpaired) electrons. The lowest BCUT2D eigenvalue weighted by Crippen LogP contribution is -2.23. The minimum atomic E-state index is -0.838. The van der Waals surface area contributed by atoms with E-state index < -0.39 is 18.1 Å². The summed E-state index contributed by atoms with van der Waals surface area (Å²) in [6.45, 7) is 5.13. The summed E-state index contributed by atoms with van der Waals surface area (Å²) in [6.07, 6.45) is 0.0452. The predicted octanol–water partition coefficient (Wildman–Crippen LogP) is 3.22. The summed E-state index contributed by atoms with van der Waals surface area (Å²) in [6, 6.07) is 5.34. The number of halogens is 1. The lowest BCUT2D eigenvalue weighted by molar-refractivity contribution is -0.138. The summed E-state index contributed by atoms with van der Waals surface area (Å²) in [5, 5.41) is 8.85. The van der Waals surface area contributed by atoms with Crippen LogP contribution in [0, 0.1) is 6.92 Å². The van der Waals surface area contributed by atoms with Crippen LogP contribution < -0.4 is 0 Å². The first kappa shape index (κ1) is 12.7. The van der Waals surface area contributed by atoms with Crippen molar-refractivity contribution < 1.29 is 14.3 Å². The van der Waals surface area contributed by atoms with E-state index in [1.165, 1.54) is 0 Å². The quantitative estimate of drug-likeness (QED) is 0.852. The van der Waals surface area contributed by atoms with E-state index in [2.05, 4.69) is 0 Å². The van der Waals surface area contributed by atoms with Gasteiger partial charge in [0.1, 0.15) is 6.67 Å². The Balaban J connectivity index is 3.14. The number of benzene rings is 1. The number of carboxylic acids is 1. The zero-order valence-corrected chi connectivity index (χ0v) is 9.88. The molecule has 16 heavy (non-hydrogen) atoms. The minimum Gasteiger partial charge on any atom is -0.481 e. The number of aliphatic carboxylic acids is 1. The second-order valence-corrected chi connectivity index (χ2v) is 4.74. The number of hydrogen-bond donors (Lipinski definition) is 1. The zero-order chi connectivity index (χ0) is 12.3. The van der Waals surface area contributed by atoms with Gasteiger partial charge in [-0.05, 0) is 23.6 Å². The van der Waals surface area contributed by atoms with Gasteiger partial charge in [0.15, 0.2) is 0 Å². The molecule has 88 valence electrons. The zero-order valence-electron chi connectivity index (χ0n) is 9.88. The molecule has 1 N–H and O–H groups in total. The highest BCUT2D eigenvalue weighted by Crippen LogP contribution is 2.30. The second-order valence-electron chi connectivity index (χ2n) is 4.74. The van der Waals surface area contributed by atoms with E-state index in [1.54, 1.807) is 12.1 Å². The molecule has 0 aliphatic rings. The van der Waals surface area contributed by atoms with Crippen molar-refractivity contribution in [2.75, 3.05) is 0 Å². The molecule has 1 aromatic rings. The average molecular weight is 224 g/mol. The Kier molecular flexibility index (Phi) is 3.68. The van der Waals surface area contributed by atoms with Gasteiger partial charge in [0, 0.05) is 5.41 Å². The highest BCUT2D eigenvalue weighted by Gasteiger charge is 2.25. The summed E-state index contributed by atoms with van der Waals surface area (Å²) in [7, 11) is 0. The molecular weight excluding hydrogens is 207 g/mol. The third kappa shape index (κ3) is 2.81. The largest absolute Gasteiger partial charge is 0.481 e. The fourth-order valence-corrected chi connectivity index (χ4v) is 1.95. The van der Waals surface area contributed by atoms with Crippen LogP contribution in [0.2, 0.25) is 0 Å². The lowest BCUT2D eigenvalue weighted by atomic mass is 9.79. The Bertz CT molecular complexity index is 397.